The van der Waals surface area contributed by atoms with Gasteiger partial charge in [0.05, 0.1) is 7.11 Å². The molecule has 8 heavy (non-hydrogen) atoms. The summed E-state index contributed by atoms with van der Waals surface area (Å²) in [6.45, 7) is 0. The van der Waals surface area contributed by atoms with E-state index in [-0.39, 0.29) is 0 Å². The summed E-state index contributed by atoms with van der Waals surface area (Å²) >= 11 is 0. The Bertz CT molecular complexity index is 95.2. The van der Waals surface area contributed by atoms with Gasteiger partial charge in [-0.1, -0.05) is 0 Å². The molecule has 0 rings (SSSR count). The molecule has 0 aromatic carbocycles. The molecule has 5 heteroatoms. The van der Waals surface area contributed by atoms with Crippen LogP contribution in [0.15, 0.2) is 0 Å². The van der Waals surface area contributed by atoms with E-state index in [0.717, 1.165) is 7.11 Å². The first kappa shape index (κ1) is 9.75. The molecule has 46 valence electrons. The molecule has 3 N–H and O–H groups in total. The van der Waals surface area contributed by atoms with E-state index in [4.69, 9.17) is 15.2 Å². The predicted molar refractivity (Wildman–Crippen MR) is 24.8 cm³/mol. The maximum absolute atomic E-state index is 9.15. The third-order valence-corrected chi connectivity index (χ3v) is 0.175. The molecule has 0 amide bonds. The fourth-order valence-corrected chi connectivity index (χ4v) is 0. The minimum absolute atomic E-state index is 1.10. The Morgan fingerprint density at radius 3 is 2.12 bits per heavy atom. The van der Waals surface area contributed by atoms with Crippen LogP contribution in [-0.4, -0.2) is 18.4 Å². The van der Waals surface area contributed by atoms with Crippen molar-refractivity contribution in [3.8, 4) is 6.19 Å². The van der Waals surface area contributed by atoms with Gasteiger partial charge in [-0.3, -0.25) is 0 Å². The summed E-state index contributed by atoms with van der Waals surface area (Å²) in [5.41, 5.74) is 4.15. The quantitative estimate of drug-likeness (QED) is 0.259. The van der Waals surface area contributed by atoms with Crippen LogP contribution in [0.2, 0.25) is 0 Å². The molecule has 0 saturated carbocycles. The molecular weight excluding hydrogens is 112 g/mol. The molecule has 0 heterocycles. The van der Waals surface area contributed by atoms with E-state index >= 15 is 0 Å². The van der Waals surface area contributed by atoms with Crippen molar-refractivity contribution in [2.75, 3.05) is 7.11 Å². The van der Waals surface area contributed by atoms with Crippen LogP contribution in [0, 0.1) is 11.5 Å². The van der Waals surface area contributed by atoms with Gasteiger partial charge in [-0.25, -0.2) is 4.79 Å². The fourth-order valence-electron chi connectivity index (χ4n) is 0. The summed E-state index contributed by atoms with van der Waals surface area (Å²) in [5.74, 6) is 0. The van der Waals surface area contributed by atoms with Crippen LogP contribution in [0.5, 0.6) is 0 Å². The predicted octanol–water partition coefficient (Wildman–Crippen LogP) is -0.263. The highest BCUT2D eigenvalue weighted by atomic mass is 16.6. The summed E-state index contributed by atoms with van der Waals surface area (Å²) in [6, 6.07) is 0. The zero-order chi connectivity index (χ0) is 6.99. The summed E-state index contributed by atoms with van der Waals surface area (Å²) in [5, 5.41) is 14.6. The highest BCUT2D eigenvalue weighted by Gasteiger charge is 1.80. The standard InChI is InChI=1S/C2H4O3.CH2N2/c1-5-2(3)4;2-1-3/h1H3,(H,3,4);2H2. The minimum atomic E-state index is -1.25. The lowest BCUT2D eigenvalue weighted by Gasteiger charge is -1.79. The third-order valence-electron chi connectivity index (χ3n) is 0.175. The second-order valence-corrected chi connectivity index (χ2v) is 0.599. The second-order valence-electron chi connectivity index (χ2n) is 0.599. The van der Waals surface area contributed by atoms with Gasteiger partial charge in [0.25, 0.3) is 0 Å². The van der Waals surface area contributed by atoms with E-state index in [0.29, 0.717) is 0 Å². The molecule has 0 atom stereocenters. The number of carboxylic acid groups (broad SMARTS) is 1. The highest BCUT2D eigenvalue weighted by molar-refractivity contribution is 5.56. The molecule has 0 aliphatic carbocycles. The van der Waals surface area contributed by atoms with Crippen LogP contribution in [0.1, 0.15) is 0 Å². The summed E-state index contributed by atoms with van der Waals surface area (Å²) in [4.78, 5) is 9.15. The molecule has 0 aromatic rings. The van der Waals surface area contributed by atoms with E-state index in [1.165, 1.54) is 6.19 Å². The van der Waals surface area contributed by atoms with Crippen molar-refractivity contribution >= 4 is 6.16 Å². The maximum Gasteiger partial charge on any atom is 0.505 e. The number of ether oxygens (including phenoxy) is 1. The van der Waals surface area contributed by atoms with Crippen molar-refractivity contribution in [3.05, 3.63) is 0 Å². The van der Waals surface area contributed by atoms with Crippen LogP contribution in [0.3, 0.4) is 0 Å². The lowest BCUT2D eigenvalue weighted by Crippen LogP contribution is -1.91. The number of nitrogens with zero attached hydrogens (tertiary/aromatic N) is 1. The van der Waals surface area contributed by atoms with E-state index in [9.17, 15) is 0 Å². The van der Waals surface area contributed by atoms with Gasteiger partial charge in [-0.05, 0) is 0 Å². The van der Waals surface area contributed by atoms with Crippen molar-refractivity contribution in [2.24, 2.45) is 5.73 Å². The molecule has 0 spiro atoms. The lowest BCUT2D eigenvalue weighted by atomic mass is 11.4. The molecule has 0 aliphatic rings. The van der Waals surface area contributed by atoms with Gasteiger partial charge in [-0.2, -0.15) is 5.26 Å². The van der Waals surface area contributed by atoms with Gasteiger partial charge >= 0.3 is 6.16 Å². The zero-order valence-electron chi connectivity index (χ0n) is 4.29. The van der Waals surface area contributed by atoms with Crippen LogP contribution in [-0.2, 0) is 4.74 Å². The summed E-state index contributed by atoms with van der Waals surface area (Å²) < 4.78 is 3.67. The Kier molecular flexibility index (Phi) is 11.1. The number of nitriles is 1. The second kappa shape index (κ2) is 9.12. The Morgan fingerprint density at radius 2 is 2.12 bits per heavy atom. The van der Waals surface area contributed by atoms with Crippen molar-refractivity contribution < 1.29 is 14.6 Å². The summed E-state index contributed by atoms with van der Waals surface area (Å²) in [6.07, 6.45) is 0.00463. The zero-order valence-corrected chi connectivity index (χ0v) is 4.29. The normalized spacial score (nSPS) is 5.00. The summed E-state index contributed by atoms with van der Waals surface area (Å²) in [7, 11) is 1.10. The van der Waals surface area contributed by atoms with E-state index < -0.39 is 6.16 Å². The Labute approximate surface area is 46.3 Å². The molecule has 5 nitrogen and oxygen atoms in total. The van der Waals surface area contributed by atoms with E-state index in [2.05, 4.69) is 10.5 Å². The molecule has 0 bridgehead atoms. The number of hydrogen-bond donors (Lipinski definition) is 2. The third kappa shape index (κ3) is 184. The molecule has 0 saturated heterocycles. The van der Waals surface area contributed by atoms with E-state index in [1.54, 1.807) is 0 Å². The Balaban J connectivity index is 0. The van der Waals surface area contributed by atoms with Gasteiger partial charge in [0.2, 0.25) is 0 Å². The largest absolute Gasteiger partial charge is 0.505 e. The monoisotopic (exact) mass is 118 g/mol. The van der Waals surface area contributed by atoms with Gasteiger partial charge < -0.3 is 15.6 Å². The number of rotatable bonds is 0. The maximum atomic E-state index is 9.15. The first-order chi connectivity index (χ1) is 3.68. The topological polar surface area (TPSA) is 96.3 Å². The average molecular weight is 118 g/mol. The van der Waals surface area contributed by atoms with E-state index in [1.807, 2.05) is 0 Å². The number of hydrogen-bond acceptors (Lipinski definition) is 4. The number of nitrogens with two attached hydrogens (primary N) is 1. The van der Waals surface area contributed by atoms with Gasteiger partial charge in [0.15, 0.2) is 6.19 Å². The minimum Gasteiger partial charge on any atom is -0.450 e. The Hall–Kier alpha value is -1.44. The first-order valence-electron chi connectivity index (χ1n) is 1.55. The fraction of sp³-hybridized carbons (Fsp3) is 0.333. The average Bonchev–Trinajstić information content (AvgIpc) is 1.69. The molecule has 0 aliphatic heterocycles. The van der Waals surface area contributed by atoms with Crippen LogP contribution in [0.25, 0.3) is 0 Å². The van der Waals surface area contributed by atoms with Gasteiger partial charge in [0.1, 0.15) is 0 Å². The van der Waals surface area contributed by atoms with Crippen LogP contribution < -0.4 is 5.73 Å². The molecule has 0 unspecified atom stereocenters. The molecule has 0 fully saturated rings. The Morgan fingerprint density at radius 1 is 2.00 bits per heavy atom. The SMILES string of the molecule is COC(=O)O.N#CN. The van der Waals surface area contributed by atoms with Crippen LogP contribution >= 0.6 is 0 Å². The molecular formula is C3H6N2O3. The van der Waals surface area contributed by atoms with Crippen molar-refractivity contribution in [1.29, 1.82) is 5.26 Å². The lowest BCUT2D eigenvalue weighted by molar-refractivity contribution is 0.114. The first-order valence-corrected chi connectivity index (χ1v) is 1.55. The highest BCUT2D eigenvalue weighted by Crippen LogP contribution is 1.60. The van der Waals surface area contributed by atoms with Gasteiger partial charge in [-0.15, -0.1) is 0 Å². The number of methoxy groups -OCH3 is 1. The van der Waals surface area contributed by atoms with Crippen LogP contribution in [0.4, 0.5) is 4.79 Å². The number of carbonyl (C=O) groups is 1. The van der Waals surface area contributed by atoms with Gasteiger partial charge in [0, 0.05) is 0 Å². The van der Waals surface area contributed by atoms with Crippen molar-refractivity contribution in [2.45, 2.75) is 0 Å². The van der Waals surface area contributed by atoms with Crippen molar-refractivity contribution in [3.63, 3.8) is 0 Å². The molecule has 0 aromatic heterocycles. The molecule has 0 radical (unpaired) electrons. The van der Waals surface area contributed by atoms with Crippen molar-refractivity contribution in [1.82, 2.24) is 0 Å². The smallest absolute Gasteiger partial charge is 0.450 e.